The number of aromatic hydroxyl groups is 1. The zero-order valence-electron chi connectivity index (χ0n) is 12.7. The molecule has 1 aliphatic carbocycles. The van der Waals surface area contributed by atoms with Crippen LogP contribution in [0.3, 0.4) is 0 Å². The number of likely N-dealkylation sites (N-methyl/N-ethyl adjacent to an activating group) is 1. The Morgan fingerprint density at radius 1 is 1.27 bits per heavy atom. The summed E-state index contributed by atoms with van der Waals surface area (Å²) in [5, 5.41) is 21.0. The van der Waals surface area contributed by atoms with E-state index >= 15 is 0 Å². The average Bonchev–Trinajstić information content (AvgIpc) is 2.42. The van der Waals surface area contributed by atoms with Crippen molar-refractivity contribution >= 4 is 11.9 Å². The third kappa shape index (κ3) is 4.46. The normalized spacial score (nSPS) is 20.5. The van der Waals surface area contributed by atoms with E-state index in [1.165, 1.54) is 0 Å². The van der Waals surface area contributed by atoms with Crippen LogP contribution in [0.4, 0.5) is 0 Å². The second-order valence-electron chi connectivity index (χ2n) is 5.69. The maximum atomic E-state index is 11.9. The van der Waals surface area contributed by atoms with Gasteiger partial charge in [0, 0.05) is 12.1 Å². The number of hydrogen-bond acceptors (Lipinski definition) is 4. The van der Waals surface area contributed by atoms with Crippen molar-refractivity contribution in [3.63, 3.8) is 0 Å². The quantitative estimate of drug-likeness (QED) is 0.699. The summed E-state index contributed by atoms with van der Waals surface area (Å²) in [6.45, 7) is 2.69. The molecule has 1 aromatic rings. The summed E-state index contributed by atoms with van der Waals surface area (Å²) in [5.74, 6) is -0.679. The highest BCUT2D eigenvalue weighted by atomic mass is 16.4. The van der Waals surface area contributed by atoms with Gasteiger partial charge in [0.25, 0.3) is 0 Å². The van der Waals surface area contributed by atoms with Crippen molar-refractivity contribution in [2.24, 2.45) is 0 Å². The zero-order valence-corrected chi connectivity index (χ0v) is 12.7. The molecular weight excluding hydrogens is 284 g/mol. The van der Waals surface area contributed by atoms with Crippen LogP contribution in [0.2, 0.25) is 0 Å². The van der Waals surface area contributed by atoms with E-state index in [1.54, 1.807) is 24.3 Å². The molecule has 0 radical (unpaired) electrons. The van der Waals surface area contributed by atoms with Gasteiger partial charge in [-0.15, -0.1) is 0 Å². The fourth-order valence-corrected chi connectivity index (χ4v) is 2.75. The number of phenolic OH excluding ortho intramolecular Hbond substituents is 1. The molecule has 1 fully saturated rings. The van der Waals surface area contributed by atoms with Crippen molar-refractivity contribution in [2.75, 3.05) is 13.1 Å². The van der Waals surface area contributed by atoms with Gasteiger partial charge in [-0.3, -0.25) is 14.5 Å². The molecule has 6 nitrogen and oxygen atoms in total. The van der Waals surface area contributed by atoms with Crippen LogP contribution >= 0.6 is 0 Å². The third-order valence-electron chi connectivity index (χ3n) is 4.04. The van der Waals surface area contributed by atoms with Crippen molar-refractivity contribution in [3.05, 3.63) is 29.8 Å². The van der Waals surface area contributed by atoms with E-state index in [9.17, 15) is 14.7 Å². The largest absolute Gasteiger partial charge is 0.508 e. The Balaban J connectivity index is 1.73. The molecule has 2 rings (SSSR count). The van der Waals surface area contributed by atoms with E-state index in [-0.39, 0.29) is 36.7 Å². The first-order valence-electron chi connectivity index (χ1n) is 7.51. The summed E-state index contributed by atoms with van der Waals surface area (Å²) in [4.78, 5) is 24.6. The van der Waals surface area contributed by atoms with Crippen LogP contribution in [0.5, 0.6) is 5.75 Å². The molecule has 0 spiro atoms. The van der Waals surface area contributed by atoms with Gasteiger partial charge in [-0.05, 0) is 37.1 Å². The molecule has 3 N–H and O–H groups in total. The molecule has 6 heteroatoms. The van der Waals surface area contributed by atoms with Crippen LogP contribution in [0, 0.1) is 0 Å². The Bertz CT molecular complexity index is 523. The van der Waals surface area contributed by atoms with Crippen molar-refractivity contribution in [1.29, 1.82) is 0 Å². The molecule has 1 amide bonds. The SMILES string of the molecule is CCN(CC(=O)O)C1CC(NC(=O)Cc2ccc(O)cc2)C1. The Morgan fingerprint density at radius 2 is 1.91 bits per heavy atom. The van der Waals surface area contributed by atoms with Gasteiger partial charge in [-0.2, -0.15) is 0 Å². The molecule has 1 aliphatic rings. The summed E-state index contributed by atoms with van der Waals surface area (Å²) < 4.78 is 0. The maximum Gasteiger partial charge on any atom is 0.317 e. The van der Waals surface area contributed by atoms with Crippen LogP contribution in [0.25, 0.3) is 0 Å². The summed E-state index contributed by atoms with van der Waals surface area (Å²) in [5.41, 5.74) is 0.854. The van der Waals surface area contributed by atoms with Gasteiger partial charge in [0.1, 0.15) is 5.75 Å². The minimum atomic E-state index is -0.818. The Kier molecular flexibility index (Phi) is 5.38. The van der Waals surface area contributed by atoms with Gasteiger partial charge in [-0.25, -0.2) is 0 Å². The number of nitrogens with zero attached hydrogens (tertiary/aromatic N) is 1. The molecule has 0 aliphatic heterocycles. The second kappa shape index (κ2) is 7.26. The Hall–Kier alpha value is -2.08. The fourth-order valence-electron chi connectivity index (χ4n) is 2.75. The minimum absolute atomic E-state index is 0.0459. The molecule has 0 heterocycles. The number of aliphatic carboxylic acids is 1. The van der Waals surface area contributed by atoms with Crippen molar-refractivity contribution in [3.8, 4) is 5.75 Å². The average molecular weight is 306 g/mol. The summed E-state index contributed by atoms with van der Waals surface area (Å²) in [7, 11) is 0. The maximum absolute atomic E-state index is 11.9. The molecular formula is C16H22N2O4. The van der Waals surface area contributed by atoms with Crippen LogP contribution in [-0.4, -0.2) is 52.2 Å². The molecule has 22 heavy (non-hydrogen) atoms. The molecule has 0 atom stereocenters. The van der Waals surface area contributed by atoms with Crippen molar-refractivity contribution < 1.29 is 19.8 Å². The number of benzene rings is 1. The second-order valence-corrected chi connectivity index (χ2v) is 5.69. The number of carboxylic acids is 1. The van der Waals surface area contributed by atoms with Gasteiger partial charge in [0.05, 0.1) is 13.0 Å². The standard InChI is InChI=1S/C16H22N2O4/c1-2-18(10-16(21)22)13-8-12(9-13)17-15(20)7-11-3-5-14(19)6-4-11/h3-6,12-13,19H,2,7-10H2,1H3,(H,17,20)(H,21,22). The van der Waals surface area contributed by atoms with E-state index in [0.717, 1.165) is 18.4 Å². The summed E-state index contributed by atoms with van der Waals surface area (Å²) in [6, 6.07) is 6.94. The van der Waals surface area contributed by atoms with E-state index in [0.29, 0.717) is 6.54 Å². The van der Waals surface area contributed by atoms with Crippen molar-refractivity contribution in [1.82, 2.24) is 10.2 Å². The first-order chi connectivity index (χ1) is 10.5. The highest BCUT2D eigenvalue weighted by Crippen LogP contribution is 2.25. The molecule has 120 valence electrons. The van der Waals surface area contributed by atoms with Gasteiger partial charge >= 0.3 is 5.97 Å². The number of phenols is 1. The lowest BCUT2D eigenvalue weighted by Gasteiger charge is -2.42. The smallest absolute Gasteiger partial charge is 0.317 e. The van der Waals surface area contributed by atoms with Crippen LogP contribution in [-0.2, 0) is 16.0 Å². The predicted molar refractivity (Wildman–Crippen MR) is 81.6 cm³/mol. The number of nitrogens with one attached hydrogen (secondary N) is 1. The molecule has 0 unspecified atom stereocenters. The monoisotopic (exact) mass is 306 g/mol. The van der Waals surface area contributed by atoms with E-state index < -0.39 is 5.97 Å². The van der Waals surface area contributed by atoms with Crippen LogP contribution < -0.4 is 5.32 Å². The van der Waals surface area contributed by atoms with Crippen LogP contribution in [0.15, 0.2) is 24.3 Å². The Morgan fingerprint density at radius 3 is 2.45 bits per heavy atom. The molecule has 1 aromatic carbocycles. The van der Waals surface area contributed by atoms with E-state index in [4.69, 9.17) is 5.11 Å². The number of amides is 1. The van der Waals surface area contributed by atoms with Crippen LogP contribution in [0.1, 0.15) is 25.3 Å². The highest BCUT2D eigenvalue weighted by Gasteiger charge is 2.34. The minimum Gasteiger partial charge on any atom is -0.508 e. The van der Waals surface area contributed by atoms with Crippen molar-refractivity contribution in [2.45, 2.75) is 38.3 Å². The van der Waals surface area contributed by atoms with Gasteiger partial charge in [-0.1, -0.05) is 19.1 Å². The number of hydrogen-bond donors (Lipinski definition) is 3. The number of carbonyl (C=O) groups is 2. The predicted octanol–water partition coefficient (Wildman–Crippen LogP) is 0.988. The molecule has 0 aromatic heterocycles. The lowest BCUT2D eigenvalue weighted by Crippen LogP contribution is -2.55. The summed E-state index contributed by atoms with van der Waals surface area (Å²) in [6.07, 6.45) is 1.87. The van der Waals surface area contributed by atoms with Gasteiger partial charge in [0.2, 0.25) is 5.91 Å². The lowest BCUT2D eigenvalue weighted by molar-refractivity contribution is -0.139. The number of rotatable bonds is 7. The summed E-state index contributed by atoms with van der Waals surface area (Å²) >= 11 is 0. The fraction of sp³-hybridized carbons (Fsp3) is 0.500. The van der Waals surface area contributed by atoms with Gasteiger partial charge < -0.3 is 15.5 Å². The van der Waals surface area contributed by atoms with E-state index in [2.05, 4.69) is 5.32 Å². The highest BCUT2D eigenvalue weighted by molar-refractivity contribution is 5.79. The first-order valence-corrected chi connectivity index (χ1v) is 7.51. The zero-order chi connectivity index (χ0) is 16.1. The number of carboxylic acid groups (broad SMARTS) is 1. The lowest BCUT2D eigenvalue weighted by atomic mass is 9.85. The topological polar surface area (TPSA) is 89.9 Å². The molecule has 1 saturated carbocycles. The Labute approximate surface area is 129 Å². The van der Waals surface area contributed by atoms with E-state index in [1.807, 2.05) is 11.8 Å². The third-order valence-corrected chi connectivity index (χ3v) is 4.04. The number of carbonyl (C=O) groups excluding carboxylic acids is 1. The molecule has 0 saturated heterocycles. The first kappa shape index (κ1) is 16.3. The van der Waals surface area contributed by atoms with Gasteiger partial charge in [0.15, 0.2) is 0 Å². The molecule has 0 bridgehead atoms.